The van der Waals surface area contributed by atoms with E-state index in [4.69, 9.17) is 4.74 Å². The van der Waals surface area contributed by atoms with Gasteiger partial charge < -0.3 is 15.0 Å². The molecule has 1 saturated carbocycles. The molecular weight excluding hydrogens is 326 g/mol. The lowest BCUT2D eigenvalue weighted by Gasteiger charge is -2.12. The van der Waals surface area contributed by atoms with Crippen LogP contribution in [-0.4, -0.2) is 22.1 Å². The van der Waals surface area contributed by atoms with Crippen molar-refractivity contribution < 1.29 is 9.53 Å². The van der Waals surface area contributed by atoms with Gasteiger partial charge in [-0.1, -0.05) is 25.0 Å². The van der Waals surface area contributed by atoms with Crippen molar-refractivity contribution in [2.45, 2.75) is 31.7 Å². The van der Waals surface area contributed by atoms with Crippen LogP contribution in [0, 0.1) is 0 Å². The quantitative estimate of drug-likeness (QED) is 0.714. The third-order valence-corrected chi connectivity index (χ3v) is 4.70. The summed E-state index contributed by atoms with van der Waals surface area (Å²) in [7, 11) is 0. The fourth-order valence-electron chi connectivity index (χ4n) is 3.37. The molecule has 2 N–H and O–H groups in total. The van der Waals surface area contributed by atoms with E-state index >= 15 is 0 Å². The number of carbonyl (C=O) groups excluding carboxylic acids is 1. The first-order valence-electron chi connectivity index (χ1n) is 8.95. The average molecular weight is 347 g/mol. The maximum absolute atomic E-state index is 12.1. The fraction of sp³-hybridized carbons (Fsp3) is 0.238. The zero-order valence-corrected chi connectivity index (χ0v) is 14.4. The topological polar surface area (TPSA) is 67.0 Å². The van der Waals surface area contributed by atoms with Crippen LogP contribution < -0.4 is 10.1 Å². The van der Waals surface area contributed by atoms with Gasteiger partial charge in [-0.2, -0.15) is 0 Å². The highest BCUT2D eigenvalue weighted by Crippen LogP contribution is 2.27. The Balaban J connectivity index is 1.50. The number of hydrogen-bond acceptors (Lipinski definition) is 3. The molecule has 0 bridgehead atoms. The summed E-state index contributed by atoms with van der Waals surface area (Å²) in [4.78, 5) is 19.6. The van der Waals surface area contributed by atoms with E-state index in [2.05, 4.69) is 21.4 Å². The minimum atomic E-state index is -0.382. The van der Waals surface area contributed by atoms with Crippen molar-refractivity contribution in [3.8, 4) is 28.1 Å². The first kappa shape index (κ1) is 16.4. The van der Waals surface area contributed by atoms with Crippen LogP contribution in [0.5, 0.6) is 5.75 Å². The molecule has 2 aromatic heterocycles. The minimum absolute atomic E-state index is 0.243. The number of hydrogen-bond donors (Lipinski definition) is 2. The van der Waals surface area contributed by atoms with Gasteiger partial charge in [-0.05, 0) is 48.7 Å². The number of benzene rings is 1. The molecule has 0 saturated heterocycles. The third-order valence-electron chi connectivity index (χ3n) is 4.70. The van der Waals surface area contributed by atoms with E-state index in [1.807, 2.05) is 48.9 Å². The van der Waals surface area contributed by atoms with E-state index in [-0.39, 0.29) is 12.1 Å². The number of ether oxygens (including phenoxy) is 1. The van der Waals surface area contributed by atoms with Crippen molar-refractivity contribution in [1.82, 2.24) is 15.3 Å². The van der Waals surface area contributed by atoms with Crippen molar-refractivity contribution in [3.63, 3.8) is 0 Å². The second-order valence-corrected chi connectivity index (χ2v) is 6.59. The number of nitrogens with zero attached hydrogens (tertiary/aromatic N) is 1. The summed E-state index contributed by atoms with van der Waals surface area (Å²) < 4.78 is 5.46. The molecule has 0 spiro atoms. The summed E-state index contributed by atoms with van der Waals surface area (Å²) in [6.07, 6.45) is 9.55. The van der Waals surface area contributed by atoms with Gasteiger partial charge in [0.05, 0.1) is 0 Å². The summed E-state index contributed by atoms with van der Waals surface area (Å²) in [5.41, 5.74) is 3.95. The maximum Gasteiger partial charge on any atom is 0.412 e. The minimum Gasteiger partial charge on any atom is -0.410 e. The Morgan fingerprint density at radius 1 is 1.04 bits per heavy atom. The second-order valence-electron chi connectivity index (χ2n) is 6.59. The van der Waals surface area contributed by atoms with Gasteiger partial charge in [0.15, 0.2) is 0 Å². The Morgan fingerprint density at radius 2 is 1.88 bits per heavy atom. The number of pyridine rings is 1. The van der Waals surface area contributed by atoms with E-state index in [1.165, 1.54) is 12.8 Å². The Bertz CT molecular complexity index is 884. The Morgan fingerprint density at radius 3 is 2.69 bits per heavy atom. The molecular formula is C21H21N3O2. The highest BCUT2D eigenvalue weighted by Gasteiger charge is 2.18. The zero-order valence-electron chi connectivity index (χ0n) is 14.4. The van der Waals surface area contributed by atoms with Crippen LogP contribution >= 0.6 is 0 Å². The van der Waals surface area contributed by atoms with Gasteiger partial charge in [0.25, 0.3) is 0 Å². The van der Waals surface area contributed by atoms with Gasteiger partial charge in [0, 0.05) is 41.5 Å². The Kier molecular flexibility index (Phi) is 4.69. The number of carbonyl (C=O) groups is 1. The van der Waals surface area contributed by atoms with E-state index in [0.29, 0.717) is 5.75 Å². The number of nitrogens with one attached hydrogen (secondary N) is 2. The molecule has 3 aromatic rings. The van der Waals surface area contributed by atoms with E-state index in [1.54, 1.807) is 6.07 Å². The highest BCUT2D eigenvalue weighted by atomic mass is 16.6. The molecule has 0 aliphatic heterocycles. The average Bonchev–Trinajstić information content (AvgIpc) is 3.36. The number of rotatable bonds is 4. The number of aromatic nitrogens is 2. The summed E-state index contributed by atoms with van der Waals surface area (Å²) >= 11 is 0. The zero-order chi connectivity index (χ0) is 17.8. The molecule has 132 valence electrons. The maximum atomic E-state index is 12.1. The molecule has 1 fully saturated rings. The fourth-order valence-corrected chi connectivity index (χ4v) is 3.37. The lowest BCUT2D eigenvalue weighted by atomic mass is 10.0. The van der Waals surface area contributed by atoms with Crippen molar-refractivity contribution in [2.75, 3.05) is 0 Å². The van der Waals surface area contributed by atoms with Crippen molar-refractivity contribution in [2.24, 2.45) is 0 Å². The Hall–Kier alpha value is -3.08. The van der Waals surface area contributed by atoms with Crippen LogP contribution in [0.4, 0.5) is 4.79 Å². The summed E-state index contributed by atoms with van der Waals surface area (Å²) in [5.74, 6) is 0.531. The molecule has 1 aliphatic rings. The second kappa shape index (κ2) is 7.44. The van der Waals surface area contributed by atoms with Gasteiger partial charge in [-0.15, -0.1) is 0 Å². The van der Waals surface area contributed by atoms with Gasteiger partial charge in [-0.3, -0.25) is 4.98 Å². The monoisotopic (exact) mass is 347 g/mol. The molecule has 0 radical (unpaired) electrons. The van der Waals surface area contributed by atoms with Gasteiger partial charge in [0.2, 0.25) is 0 Å². The number of aromatic amines is 1. The molecule has 0 atom stereocenters. The Labute approximate surface area is 152 Å². The molecule has 5 heteroatoms. The lowest BCUT2D eigenvalue weighted by molar-refractivity contribution is 0.196. The van der Waals surface area contributed by atoms with Crippen molar-refractivity contribution in [3.05, 3.63) is 61.1 Å². The first-order valence-corrected chi connectivity index (χ1v) is 8.95. The molecule has 5 nitrogen and oxygen atoms in total. The van der Waals surface area contributed by atoms with Gasteiger partial charge >= 0.3 is 6.09 Å². The predicted molar refractivity (Wildman–Crippen MR) is 101 cm³/mol. The van der Waals surface area contributed by atoms with E-state index in [0.717, 1.165) is 35.2 Å². The number of amides is 1. The van der Waals surface area contributed by atoms with Crippen molar-refractivity contribution >= 4 is 6.09 Å². The van der Waals surface area contributed by atoms with Gasteiger partial charge in [-0.25, -0.2) is 4.79 Å². The SMILES string of the molecule is O=C(NC1CCCC1)Oc1cccc(-c2cncc(-c3ccc[nH]3)c2)c1. The van der Waals surface area contributed by atoms with Crippen LogP contribution in [0.1, 0.15) is 25.7 Å². The van der Waals surface area contributed by atoms with Crippen LogP contribution in [0.2, 0.25) is 0 Å². The van der Waals surface area contributed by atoms with E-state index in [9.17, 15) is 4.79 Å². The molecule has 26 heavy (non-hydrogen) atoms. The number of H-pyrrole nitrogens is 1. The normalized spacial score (nSPS) is 14.3. The first-order chi connectivity index (χ1) is 12.8. The molecule has 2 heterocycles. The highest BCUT2D eigenvalue weighted by molar-refractivity contribution is 5.74. The summed E-state index contributed by atoms with van der Waals surface area (Å²) in [6.45, 7) is 0. The summed E-state index contributed by atoms with van der Waals surface area (Å²) in [6, 6.07) is 13.8. The smallest absolute Gasteiger partial charge is 0.410 e. The largest absolute Gasteiger partial charge is 0.412 e. The molecule has 0 unspecified atom stereocenters. The molecule has 4 rings (SSSR count). The third kappa shape index (κ3) is 3.77. The van der Waals surface area contributed by atoms with Crippen LogP contribution in [-0.2, 0) is 0 Å². The standard InChI is InChI=1S/C21H21N3O2/c25-21(24-18-6-1-2-7-18)26-19-8-3-5-15(12-19)16-11-17(14-22-13-16)20-9-4-10-23-20/h3-5,8-14,18,23H,1-2,6-7H2,(H,24,25). The molecule has 1 aliphatic carbocycles. The summed E-state index contributed by atoms with van der Waals surface area (Å²) in [5, 5.41) is 2.94. The lowest BCUT2D eigenvalue weighted by Crippen LogP contribution is -2.34. The predicted octanol–water partition coefficient (Wildman–Crippen LogP) is 4.77. The van der Waals surface area contributed by atoms with Crippen LogP contribution in [0.25, 0.3) is 22.4 Å². The molecule has 1 aromatic carbocycles. The molecule has 1 amide bonds. The van der Waals surface area contributed by atoms with Crippen molar-refractivity contribution in [1.29, 1.82) is 0 Å². The van der Waals surface area contributed by atoms with Crippen LogP contribution in [0.15, 0.2) is 61.1 Å². The van der Waals surface area contributed by atoms with Gasteiger partial charge in [0.1, 0.15) is 5.75 Å². The van der Waals surface area contributed by atoms with E-state index < -0.39 is 0 Å². The van der Waals surface area contributed by atoms with Crippen LogP contribution in [0.3, 0.4) is 0 Å².